The van der Waals surface area contributed by atoms with Crippen LogP contribution in [0.25, 0.3) is 10.6 Å². The van der Waals surface area contributed by atoms with Gasteiger partial charge in [0.25, 0.3) is 0 Å². The van der Waals surface area contributed by atoms with Crippen LogP contribution in [0.2, 0.25) is 0 Å². The molecule has 0 aliphatic carbocycles. The Labute approximate surface area is 139 Å². The van der Waals surface area contributed by atoms with Gasteiger partial charge in [0, 0.05) is 17.2 Å². The maximum Gasteiger partial charge on any atom is 0.230 e. The van der Waals surface area contributed by atoms with Gasteiger partial charge in [-0.15, -0.1) is 11.3 Å². The average Bonchev–Trinajstić information content (AvgIpc) is 3.18. The summed E-state index contributed by atoms with van der Waals surface area (Å²) >= 11 is 1.46. The van der Waals surface area contributed by atoms with Crippen LogP contribution in [0.15, 0.2) is 57.6 Å². The Bertz CT molecular complexity index is 841. The monoisotopic (exact) mass is 346 g/mol. The number of nitrogens with one attached hydrogen (secondary N) is 1. The van der Waals surface area contributed by atoms with E-state index >= 15 is 0 Å². The summed E-state index contributed by atoms with van der Waals surface area (Å²) in [5.41, 5.74) is 2.16. The van der Waals surface area contributed by atoms with Gasteiger partial charge in [-0.25, -0.2) is 4.98 Å². The third-order valence-electron chi connectivity index (χ3n) is 3.13. The molecule has 2 heterocycles. The summed E-state index contributed by atoms with van der Waals surface area (Å²) in [6, 6.07) is 8.91. The van der Waals surface area contributed by atoms with Gasteiger partial charge in [0.2, 0.25) is 5.91 Å². The van der Waals surface area contributed by atoms with Gasteiger partial charge >= 0.3 is 0 Å². The van der Waals surface area contributed by atoms with E-state index in [-0.39, 0.29) is 12.3 Å². The number of amides is 1. The summed E-state index contributed by atoms with van der Waals surface area (Å²) in [5.74, 6) is -0.188. The molecule has 5 nitrogen and oxygen atoms in total. The van der Waals surface area contributed by atoms with Gasteiger partial charge in [0.05, 0.1) is 39.8 Å². The second-order valence-electron chi connectivity index (χ2n) is 4.83. The molecule has 2 aromatic heterocycles. The number of aromatic nitrogens is 1. The summed E-state index contributed by atoms with van der Waals surface area (Å²) in [7, 11) is -1.16. The number of nitrogens with zero attached hydrogens (tertiary/aromatic N) is 1. The van der Waals surface area contributed by atoms with E-state index in [4.69, 9.17) is 4.42 Å². The fourth-order valence-corrected chi connectivity index (χ4v) is 3.59. The highest BCUT2D eigenvalue weighted by atomic mass is 32.2. The molecule has 0 bridgehead atoms. The molecule has 1 amide bonds. The molecule has 7 heteroatoms. The first-order valence-corrected chi connectivity index (χ1v) is 9.26. The molecule has 1 aromatic carbocycles. The first-order chi connectivity index (χ1) is 11.1. The van der Waals surface area contributed by atoms with Gasteiger partial charge in [0.1, 0.15) is 11.3 Å². The molecular formula is C16H14N2O3S2. The van der Waals surface area contributed by atoms with Crippen LogP contribution in [-0.4, -0.2) is 21.4 Å². The van der Waals surface area contributed by atoms with Crippen molar-refractivity contribution in [2.75, 3.05) is 11.6 Å². The van der Waals surface area contributed by atoms with Crippen LogP contribution >= 0.6 is 11.3 Å². The van der Waals surface area contributed by atoms with Gasteiger partial charge in [-0.2, -0.15) is 0 Å². The summed E-state index contributed by atoms with van der Waals surface area (Å²) in [6.45, 7) is 0. The van der Waals surface area contributed by atoms with Gasteiger partial charge in [-0.3, -0.25) is 9.00 Å². The van der Waals surface area contributed by atoms with Crippen LogP contribution in [0.4, 0.5) is 5.69 Å². The van der Waals surface area contributed by atoms with E-state index in [1.165, 1.54) is 11.3 Å². The number of carbonyl (C=O) groups is 1. The Hall–Kier alpha value is -2.25. The predicted octanol–water partition coefficient (Wildman–Crippen LogP) is 3.32. The fourth-order valence-electron chi connectivity index (χ4n) is 2.09. The molecule has 0 aliphatic rings. The van der Waals surface area contributed by atoms with Crippen molar-refractivity contribution in [2.24, 2.45) is 0 Å². The number of para-hydroxylation sites is 1. The molecule has 0 spiro atoms. The highest BCUT2D eigenvalue weighted by molar-refractivity contribution is 7.84. The lowest BCUT2D eigenvalue weighted by atomic mass is 10.3. The molecule has 1 atom stereocenters. The van der Waals surface area contributed by atoms with Crippen LogP contribution in [0, 0.1) is 0 Å². The summed E-state index contributed by atoms with van der Waals surface area (Å²) in [6.07, 6.45) is 4.96. The van der Waals surface area contributed by atoms with Crippen molar-refractivity contribution >= 4 is 33.7 Å². The largest absolute Gasteiger partial charge is 0.472 e. The number of benzene rings is 1. The minimum Gasteiger partial charge on any atom is -0.472 e. The summed E-state index contributed by atoms with van der Waals surface area (Å²) in [4.78, 5) is 17.2. The lowest BCUT2D eigenvalue weighted by molar-refractivity contribution is -0.115. The number of carbonyl (C=O) groups excluding carboxylic acids is 1. The first-order valence-electron chi connectivity index (χ1n) is 6.83. The van der Waals surface area contributed by atoms with Crippen molar-refractivity contribution in [3.63, 3.8) is 0 Å². The third-order valence-corrected chi connectivity index (χ3v) is 5.05. The zero-order valence-corrected chi connectivity index (χ0v) is 13.9. The van der Waals surface area contributed by atoms with Crippen molar-refractivity contribution in [3.8, 4) is 10.6 Å². The zero-order chi connectivity index (χ0) is 16.2. The van der Waals surface area contributed by atoms with Crippen LogP contribution in [0.1, 0.15) is 5.69 Å². The first kappa shape index (κ1) is 15.6. The van der Waals surface area contributed by atoms with Gasteiger partial charge < -0.3 is 9.73 Å². The van der Waals surface area contributed by atoms with Crippen LogP contribution < -0.4 is 5.32 Å². The summed E-state index contributed by atoms with van der Waals surface area (Å²) in [5, 5.41) is 5.47. The Morgan fingerprint density at radius 2 is 2.17 bits per heavy atom. The van der Waals surface area contributed by atoms with Gasteiger partial charge in [-0.1, -0.05) is 12.1 Å². The standard InChI is InChI=1S/C16H14N2O3S2/c1-23(20)14-5-3-2-4-13(14)18-15(19)8-12-10-22-16(17-12)11-6-7-21-9-11/h2-7,9-10H,8H2,1H3,(H,18,19)/t23-/m0/s1. The maximum atomic E-state index is 12.2. The molecule has 3 aromatic rings. The minimum atomic E-state index is -1.16. The van der Waals surface area contributed by atoms with E-state index in [1.807, 2.05) is 11.4 Å². The Morgan fingerprint density at radius 1 is 1.35 bits per heavy atom. The topological polar surface area (TPSA) is 72.2 Å². The second kappa shape index (κ2) is 6.89. The lowest BCUT2D eigenvalue weighted by Crippen LogP contribution is -2.15. The molecule has 3 rings (SSSR count). The molecule has 1 N–H and O–H groups in total. The maximum absolute atomic E-state index is 12.2. The lowest BCUT2D eigenvalue weighted by Gasteiger charge is -2.08. The predicted molar refractivity (Wildman–Crippen MR) is 90.9 cm³/mol. The van der Waals surface area contributed by atoms with Crippen LogP contribution in [0.5, 0.6) is 0 Å². The van der Waals surface area contributed by atoms with E-state index < -0.39 is 10.8 Å². The van der Waals surface area contributed by atoms with E-state index in [0.29, 0.717) is 16.3 Å². The van der Waals surface area contributed by atoms with Crippen molar-refractivity contribution in [1.82, 2.24) is 4.98 Å². The normalized spacial score (nSPS) is 12.0. The SMILES string of the molecule is C[S@](=O)c1ccccc1NC(=O)Cc1csc(-c2ccoc2)n1. The molecular weight excluding hydrogens is 332 g/mol. The van der Waals surface area contributed by atoms with Crippen molar-refractivity contribution in [1.29, 1.82) is 0 Å². The van der Waals surface area contributed by atoms with Gasteiger partial charge in [-0.05, 0) is 18.2 Å². The molecule has 0 fully saturated rings. The highest BCUT2D eigenvalue weighted by Gasteiger charge is 2.12. The quantitative estimate of drug-likeness (QED) is 0.769. The van der Waals surface area contributed by atoms with Crippen molar-refractivity contribution < 1.29 is 13.4 Å². The number of rotatable bonds is 5. The second-order valence-corrected chi connectivity index (χ2v) is 7.04. The molecule has 118 valence electrons. The zero-order valence-electron chi connectivity index (χ0n) is 12.3. The fraction of sp³-hybridized carbons (Fsp3) is 0.125. The van der Waals surface area contributed by atoms with Crippen LogP contribution in [-0.2, 0) is 22.0 Å². The molecule has 0 radical (unpaired) electrons. The smallest absolute Gasteiger partial charge is 0.230 e. The number of hydrogen-bond acceptors (Lipinski definition) is 5. The van der Waals surface area contributed by atoms with Crippen molar-refractivity contribution in [3.05, 3.63) is 53.9 Å². The number of hydrogen-bond donors (Lipinski definition) is 1. The molecule has 0 saturated carbocycles. The van der Waals surface area contributed by atoms with E-state index in [1.54, 1.807) is 43.0 Å². The Morgan fingerprint density at radius 3 is 2.91 bits per heavy atom. The Balaban J connectivity index is 1.70. The molecule has 0 unspecified atom stereocenters. The van der Waals surface area contributed by atoms with Crippen LogP contribution in [0.3, 0.4) is 0 Å². The number of furan rings is 1. The van der Waals surface area contributed by atoms with E-state index in [9.17, 15) is 9.00 Å². The minimum absolute atomic E-state index is 0.166. The Kier molecular flexibility index (Phi) is 4.68. The van der Waals surface area contributed by atoms with Gasteiger partial charge in [0.15, 0.2) is 0 Å². The average molecular weight is 346 g/mol. The number of anilines is 1. The van der Waals surface area contributed by atoms with Crippen molar-refractivity contribution in [2.45, 2.75) is 11.3 Å². The molecule has 0 aliphatic heterocycles. The van der Waals surface area contributed by atoms with E-state index in [2.05, 4.69) is 10.3 Å². The molecule has 0 saturated heterocycles. The molecule has 23 heavy (non-hydrogen) atoms. The third kappa shape index (κ3) is 3.75. The number of thiazole rings is 1. The van der Waals surface area contributed by atoms with E-state index in [0.717, 1.165) is 10.6 Å². The summed E-state index contributed by atoms with van der Waals surface area (Å²) < 4.78 is 16.7. The highest BCUT2D eigenvalue weighted by Crippen LogP contribution is 2.24.